The standard InChI is InChI=1S/C28H38ClN3O4SSi/c1-28(2,3)38(5,6)36-23-13-11-22(12-14-23)35-26-24(29)15-10-20-17-30-27(32-25(20)26)31-21-9-7-8-19(16-21)18-37(4,33)34/h7-10,15-17,22-23H,11-14,18H2,1-6H3,(H,30,31,32)/t22-,23+. The van der Waals surface area contributed by atoms with Crippen LogP contribution >= 0.6 is 11.6 Å². The molecule has 0 bridgehead atoms. The highest BCUT2D eigenvalue weighted by Crippen LogP contribution is 2.40. The van der Waals surface area contributed by atoms with E-state index in [9.17, 15) is 8.42 Å². The van der Waals surface area contributed by atoms with Gasteiger partial charge >= 0.3 is 0 Å². The topological polar surface area (TPSA) is 90.4 Å². The van der Waals surface area contributed by atoms with Crippen LogP contribution in [0.4, 0.5) is 11.6 Å². The van der Waals surface area contributed by atoms with Crippen molar-refractivity contribution < 1.29 is 17.6 Å². The molecular weight excluding hydrogens is 538 g/mol. The van der Waals surface area contributed by atoms with Gasteiger partial charge in [0.05, 0.1) is 16.9 Å². The monoisotopic (exact) mass is 575 g/mol. The lowest BCUT2D eigenvalue weighted by Crippen LogP contribution is -2.45. The molecule has 1 fully saturated rings. The van der Waals surface area contributed by atoms with Crippen LogP contribution in [0.2, 0.25) is 23.2 Å². The minimum Gasteiger partial charge on any atom is -0.487 e. The molecule has 1 saturated carbocycles. The van der Waals surface area contributed by atoms with Crippen molar-refractivity contribution >= 4 is 52.3 Å². The Hall–Kier alpha value is -2.20. The molecule has 0 atom stereocenters. The van der Waals surface area contributed by atoms with Gasteiger partial charge < -0.3 is 14.5 Å². The molecule has 1 aliphatic carbocycles. The van der Waals surface area contributed by atoms with E-state index in [1.165, 1.54) is 6.26 Å². The number of sulfone groups is 1. The quantitative estimate of drug-likeness (QED) is 0.282. The summed E-state index contributed by atoms with van der Waals surface area (Å²) >= 11 is 6.60. The second kappa shape index (κ2) is 11.1. The van der Waals surface area contributed by atoms with Crippen LogP contribution in [0.25, 0.3) is 10.9 Å². The van der Waals surface area contributed by atoms with E-state index in [1.54, 1.807) is 24.4 Å². The molecule has 0 spiro atoms. The smallest absolute Gasteiger partial charge is 0.227 e. The molecule has 38 heavy (non-hydrogen) atoms. The molecule has 206 valence electrons. The summed E-state index contributed by atoms with van der Waals surface area (Å²) in [4.78, 5) is 9.16. The Kier molecular flexibility index (Phi) is 8.42. The van der Waals surface area contributed by atoms with Crippen molar-refractivity contribution in [3.05, 3.63) is 53.2 Å². The van der Waals surface area contributed by atoms with Gasteiger partial charge in [-0.25, -0.2) is 18.4 Å². The largest absolute Gasteiger partial charge is 0.487 e. The van der Waals surface area contributed by atoms with Crippen LogP contribution in [0.3, 0.4) is 0 Å². The Bertz CT molecular complexity index is 1400. The van der Waals surface area contributed by atoms with Crippen LogP contribution < -0.4 is 10.1 Å². The Morgan fingerprint density at radius 2 is 1.76 bits per heavy atom. The van der Waals surface area contributed by atoms with E-state index < -0.39 is 18.2 Å². The van der Waals surface area contributed by atoms with Crippen molar-refractivity contribution in [3.8, 4) is 5.75 Å². The average Bonchev–Trinajstić information content (AvgIpc) is 2.80. The highest BCUT2D eigenvalue weighted by Gasteiger charge is 2.40. The van der Waals surface area contributed by atoms with Gasteiger partial charge in [-0.05, 0) is 73.6 Å². The molecule has 0 aliphatic heterocycles. The van der Waals surface area contributed by atoms with Crippen molar-refractivity contribution in [2.45, 2.75) is 82.5 Å². The lowest BCUT2D eigenvalue weighted by atomic mass is 9.95. The summed E-state index contributed by atoms with van der Waals surface area (Å²) in [6, 6.07) is 10.9. The van der Waals surface area contributed by atoms with Gasteiger partial charge in [0.15, 0.2) is 23.9 Å². The number of nitrogens with zero attached hydrogens (tertiary/aromatic N) is 2. The van der Waals surface area contributed by atoms with Crippen LogP contribution in [0.1, 0.15) is 52.0 Å². The molecule has 1 aliphatic rings. The summed E-state index contributed by atoms with van der Waals surface area (Å²) in [6.45, 7) is 11.4. The van der Waals surface area contributed by atoms with Gasteiger partial charge in [0.25, 0.3) is 0 Å². The lowest BCUT2D eigenvalue weighted by molar-refractivity contribution is 0.0733. The second-order valence-corrected chi connectivity index (χ2v) is 19.1. The Balaban J connectivity index is 1.49. The van der Waals surface area contributed by atoms with E-state index in [2.05, 4.69) is 44.2 Å². The van der Waals surface area contributed by atoms with Crippen molar-refractivity contribution in [2.24, 2.45) is 0 Å². The summed E-state index contributed by atoms with van der Waals surface area (Å²) in [5.74, 6) is 0.916. The molecule has 7 nitrogen and oxygen atoms in total. The Morgan fingerprint density at radius 1 is 1.08 bits per heavy atom. The summed E-state index contributed by atoms with van der Waals surface area (Å²) in [7, 11) is -4.94. The first-order valence-electron chi connectivity index (χ1n) is 13.0. The zero-order valence-electron chi connectivity index (χ0n) is 23.0. The number of nitrogens with one attached hydrogen (secondary N) is 1. The van der Waals surface area contributed by atoms with Gasteiger partial charge in [0, 0.05) is 29.6 Å². The Labute approximate surface area is 232 Å². The van der Waals surface area contributed by atoms with Gasteiger partial charge in [-0.2, -0.15) is 0 Å². The minimum atomic E-state index is -3.14. The predicted octanol–water partition coefficient (Wildman–Crippen LogP) is 7.28. The third kappa shape index (κ3) is 7.25. The van der Waals surface area contributed by atoms with E-state index >= 15 is 0 Å². The molecular formula is C28H38ClN3O4SSi. The summed E-state index contributed by atoms with van der Waals surface area (Å²) < 4.78 is 36.5. The third-order valence-electron chi connectivity index (χ3n) is 7.44. The first-order chi connectivity index (χ1) is 17.7. The van der Waals surface area contributed by atoms with Gasteiger partial charge in [-0.15, -0.1) is 0 Å². The first kappa shape index (κ1) is 28.8. The van der Waals surface area contributed by atoms with Crippen LogP contribution in [0.5, 0.6) is 5.75 Å². The number of aromatic nitrogens is 2. The number of ether oxygens (including phenoxy) is 1. The van der Waals surface area contributed by atoms with Crippen molar-refractivity contribution in [3.63, 3.8) is 0 Å². The highest BCUT2D eigenvalue weighted by atomic mass is 35.5. The van der Waals surface area contributed by atoms with Gasteiger partial charge in [-0.1, -0.05) is 44.5 Å². The predicted molar refractivity (Wildman–Crippen MR) is 158 cm³/mol. The molecule has 1 N–H and O–H groups in total. The second-order valence-electron chi connectivity index (χ2n) is 11.8. The van der Waals surface area contributed by atoms with Gasteiger partial charge in [-0.3, -0.25) is 0 Å². The lowest BCUT2D eigenvalue weighted by Gasteiger charge is -2.41. The molecule has 1 aromatic heterocycles. The average molecular weight is 576 g/mol. The molecule has 4 rings (SSSR count). The van der Waals surface area contributed by atoms with Crippen LogP contribution in [0, 0.1) is 0 Å². The zero-order chi connectivity index (χ0) is 27.7. The van der Waals surface area contributed by atoms with Crippen molar-refractivity contribution in [1.82, 2.24) is 9.97 Å². The van der Waals surface area contributed by atoms with Crippen molar-refractivity contribution in [2.75, 3.05) is 11.6 Å². The number of anilines is 2. The number of rotatable bonds is 8. The number of halogens is 1. The molecule has 10 heteroatoms. The van der Waals surface area contributed by atoms with Gasteiger partial charge in [0.1, 0.15) is 5.52 Å². The summed E-state index contributed by atoms with van der Waals surface area (Å²) in [6.07, 6.45) is 6.99. The number of benzene rings is 2. The van der Waals surface area contributed by atoms with Crippen LogP contribution in [-0.4, -0.2) is 45.2 Å². The van der Waals surface area contributed by atoms with E-state index in [0.717, 1.165) is 31.1 Å². The van der Waals surface area contributed by atoms with Crippen molar-refractivity contribution in [1.29, 1.82) is 0 Å². The fourth-order valence-corrected chi connectivity index (χ4v) is 6.82. The Morgan fingerprint density at radius 3 is 2.42 bits per heavy atom. The maximum atomic E-state index is 11.7. The molecule has 0 radical (unpaired) electrons. The third-order valence-corrected chi connectivity index (χ3v) is 13.1. The SMILES string of the molecule is CC(C)(C)[Si](C)(C)O[C@H]1CC[C@@H](Oc2c(Cl)ccc3cnc(Nc4cccc(CS(C)(=O)=O)c4)nc23)CC1. The maximum absolute atomic E-state index is 11.7. The first-order valence-corrected chi connectivity index (χ1v) is 18.4. The summed E-state index contributed by atoms with van der Waals surface area (Å²) in [5, 5.41) is 4.72. The highest BCUT2D eigenvalue weighted by molar-refractivity contribution is 7.89. The molecule has 2 aromatic carbocycles. The molecule has 0 saturated heterocycles. The number of hydrogen-bond donors (Lipinski definition) is 1. The van der Waals surface area contributed by atoms with E-state index in [1.807, 2.05) is 18.2 Å². The summed E-state index contributed by atoms with van der Waals surface area (Å²) in [5.41, 5.74) is 2.04. The van der Waals surface area contributed by atoms with Crippen LogP contribution in [0.15, 0.2) is 42.6 Å². The zero-order valence-corrected chi connectivity index (χ0v) is 25.6. The molecule has 1 heterocycles. The van der Waals surface area contributed by atoms with Crippen LogP contribution in [-0.2, 0) is 20.0 Å². The number of hydrogen-bond acceptors (Lipinski definition) is 7. The molecule has 0 unspecified atom stereocenters. The maximum Gasteiger partial charge on any atom is 0.227 e. The fraction of sp³-hybridized carbons (Fsp3) is 0.500. The normalized spacial score (nSPS) is 18.9. The minimum absolute atomic E-state index is 0.0299. The van der Waals surface area contributed by atoms with Gasteiger partial charge in [0.2, 0.25) is 5.95 Å². The molecule has 0 amide bonds. The van der Waals surface area contributed by atoms with E-state index in [4.69, 9.17) is 25.7 Å². The van der Waals surface area contributed by atoms with E-state index in [-0.39, 0.29) is 23.0 Å². The fourth-order valence-electron chi connectivity index (χ4n) is 4.42. The van der Waals surface area contributed by atoms with E-state index in [0.29, 0.717) is 33.5 Å². The molecule has 3 aromatic rings. The number of fused-ring (bicyclic) bond motifs is 1.